The number of anilines is 3. The maximum atomic E-state index is 6.61. The van der Waals surface area contributed by atoms with Crippen molar-refractivity contribution in [2.45, 2.75) is 25.9 Å². The van der Waals surface area contributed by atoms with Crippen molar-refractivity contribution in [3.05, 3.63) is 46.6 Å². The van der Waals surface area contributed by atoms with Gasteiger partial charge in [0, 0.05) is 48.4 Å². The van der Waals surface area contributed by atoms with Crippen molar-refractivity contribution in [1.82, 2.24) is 25.5 Å². The molecule has 1 saturated heterocycles. The van der Waals surface area contributed by atoms with Gasteiger partial charge in [0.25, 0.3) is 0 Å². The van der Waals surface area contributed by atoms with E-state index < -0.39 is 0 Å². The summed E-state index contributed by atoms with van der Waals surface area (Å²) in [6.07, 6.45) is 1.76. The predicted molar refractivity (Wildman–Crippen MR) is 144 cm³/mol. The second-order valence-electron chi connectivity index (χ2n) is 8.86. The van der Waals surface area contributed by atoms with Crippen molar-refractivity contribution < 1.29 is 9.47 Å². The number of aromatic amines is 1. The third kappa shape index (κ3) is 4.61. The van der Waals surface area contributed by atoms with Crippen LogP contribution in [0.2, 0.25) is 10.0 Å². The molecule has 1 fully saturated rings. The van der Waals surface area contributed by atoms with Gasteiger partial charge >= 0.3 is 0 Å². The summed E-state index contributed by atoms with van der Waals surface area (Å²) in [5.74, 6) is 2.97. The Hall–Kier alpha value is -3.27. The van der Waals surface area contributed by atoms with Crippen molar-refractivity contribution in [1.29, 1.82) is 0 Å². The molecule has 0 radical (unpaired) electrons. The summed E-state index contributed by atoms with van der Waals surface area (Å²) in [4.78, 5) is 11.4. The number of H-pyrrole nitrogens is 1. The summed E-state index contributed by atoms with van der Waals surface area (Å²) in [7, 11) is 3.10. The molecular formula is C25H27Cl2N7O2. The van der Waals surface area contributed by atoms with Crippen LogP contribution in [0.25, 0.3) is 22.0 Å². The van der Waals surface area contributed by atoms with E-state index in [4.69, 9.17) is 37.7 Å². The summed E-state index contributed by atoms with van der Waals surface area (Å²) in [5.41, 5.74) is 2.24. The fourth-order valence-corrected chi connectivity index (χ4v) is 5.31. The maximum Gasteiger partial charge on any atom is 0.227 e. The van der Waals surface area contributed by atoms with Gasteiger partial charge in [0.1, 0.15) is 17.3 Å². The van der Waals surface area contributed by atoms with E-state index in [2.05, 4.69) is 44.6 Å². The summed E-state index contributed by atoms with van der Waals surface area (Å²) < 4.78 is 10.8. The topological polar surface area (TPSA) is 100 Å². The molecule has 3 N–H and O–H groups in total. The number of halogens is 2. The number of ether oxygens (including phenoxy) is 2. The highest BCUT2D eigenvalue weighted by molar-refractivity contribution is 6.41. The molecule has 0 bridgehead atoms. The number of methoxy groups -OCH3 is 2. The van der Waals surface area contributed by atoms with Gasteiger partial charge < -0.3 is 25.0 Å². The van der Waals surface area contributed by atoms with Crippen LogP contribution in [0.1, 0.15) is 13.8 Å². The normalized spacial score (nSPS) is 17.9. The molecule has 1 aliphatic heterocycles. The van der Waals surface area contributed by atoms with Gasteiger partial charge in [-0.25, -0.2) is 4.98 Å². The quantitative estimate of drug-likeness (QED) is 0.311. The third-order valence-corrected chi connectivity index (χ3v) is 6.91. The molecule has 36 heavy (non-hydrogen) atoms. The molecule has 11 heteroatoms. The van der Waals surface area contributed by atoms with Gasteiger partial charge in [-0.1, -0.05) is 29.3 Å². The highest BCUT2D eigenvalue weighted by Gasteiger charge is 2.23. The fraction of sp³-hybridized carbons (Fsp3) is 0.320. The van der Waals surface area contributed by atoms with Gasteiger partial charge in [0.15, 0.2) is 5.82 Å². The van der Waals surface area contributed by atoms with Crippen LogP contribution in [0, 0.1) is 0 Å². The molecule has 3 heterocycles. The molecule has 0 aliphatic carbocycles. The lowest BCUT2D eigenvalue weighted by molar-refractivity contribution is 0.395. The fourth-order valence-electron chi connectivity index (χ4n) is 4.59. The van der Waals surface area contributed by atoms with Crippen LogP contribution in [0.5, 0.6) is 11.5 Å². The van der Waals surface area contributed by atoms with Gasteiger partial charge in [0.05, 0.1) is 29.8 Å². The standard InChI is InChI=1S/C25H27Cl2N7O2/c1-13-11-34(12-14(2)29-13)25-28-8-7-20(31-25)30-24-16-6-5-15(9-17(16)32-33-24)21-22(26)18(35-3)10-19(36-4)23(21)27/h5-10,13-14,29H,11-12H2,1-4H3,(H2,28,30,31,32,33)/t13-,14+. The smallest absolute Gasteiger partial charge is 0.227 e. The van der Waals surface area contributed by atoms with E-state index in [1.54, 1.807) is 26.5 Å². The number of hydrogen-bond donors (Lipinski definition) is 3. The number of fused-ring (bicyclic) bond motifs is 1. The molecular weight excluding hydrogens is 501 g/mol. The van der Waals surface area contributed by atoms with E-state index in [9.17, 15) is 0 Å². The lowest BCUT2D eigenvalue weighted by Gasteiger charge is -2.36. The molecule has 9 nitrogen and oxygen atoms in total. The molecule has 5 rings (SSSR count). The highest BCUT2D eigenvalue weighted by atomic mass is 35.5. The Morgan fingerprint density at radius 1 is 1.00 bits per heavy atom. The van der Waals surface area contributed by atoms with E-state index >= 15 is 0 Å². The third-order valence-electron chi connectivity index (χ3n) is 6.15. The minimum atomic E-state index is 0.366. The van der Waals surface area contributed by atoms with Crippen LogP contribution < -0.4 is 25.0 Å². The second kappa shape index (κ2) is 10.0. The van der Waals surface area contributed by atoms with Crippen LogP contribution >= 0.6 is 23.2 Å². The Labute approximate surface area is 219 Å². The highest BCUT2D eigenvalue weighted by Crippen LogP contribution is 2.46. The molecule has 4 aromatic rings. The van der Waals surface area contributed by atoms with Crippen molar-refractivity contribution in [2.24, 2.45) is 0 Å². The molecule has 0 saturated carbocycles. The Kier molecular flexibility index (Phi) is 6.79. The number of rotatable bonds is 6. The number of piperazine rings is 1. The van der Waals surface area contributed by atoms with Crippen LogP contribution in [-0.4, -0.2) is 59.6 Å². The SMILES string of the molecule is COc1cc(OC)c(Cl)c(-c2ccc3c(Nc4ccnc(N5C[C@@H](C)N[C@@H](C)C5)n4)n[nH]c3c2)c1Cl. The van der Waals surface area contributed by atoms with Crippen molar-refractivity contribution in [3.8, 4) is 22.6 Å². The number of benzene rings is 2. The lowest BCUT2D eigenvalue weighted by atomic mass is 10.0. The molecule has 2 atom stereocenters. The maximum absolute atomic E-state index is 6.61. The minimum absolute atomic E-state index is 0.366. The van der Waals surface area contributed by atoms with E-state index in [-0.39, 0.29) is 0 Å². The van der Waals surface area contributed by atoms with Crippen LogP contribution in [0.3, 0.4) is 0 Å². The molecule has 2 aromatic carbocycles. The van der Waals surface area contributed by atoms with Gasteiger partial charge in [-0.2, -0.15) is 10.1 Å². The zero-order valence-electron chi connectivity index (χ0n) is 20.4. The predicted octanol–water partition coefficient (Wildman–Crippen LogP) is 5.27. The lowest BCUT2D eigenvalue weighted by Crippen LogP contribution is -2.54. The zero-order valence-corrected chi connectivity index (χ0v) is 21.9. The summed E-state index contributed by atoms with van der Waals surface area (Å²) >= 11 is 13.2. The largest absolute Gasteiger partial charge is 0.495 e. The van der Waals surface area contributed by atoms with Crippen LogP contribution in [0.15, 0.2) is 36.5 Å². The Morgan fingerprint density at radius 3 is 2.36 bits per heavy atom. The first-order chi connectivity index (χ1) is 17.4. The molecule has 0 unspecified atom stereocenters. The summed E-state index contributed by atoms with van der Waals surface area (Å²) in [6.45, 7) is 6.03. The van der Waals surface area contributed by atoms with Crippen LogP contribution in [-0.2, 0) is 0 Å². The van der Waals surface area contributed by atoms with E-state index in [0.717, 1.165) is 29.6 Å². The summed E-state index contributed by atoms with van der Waals surface area (Å²) in [5, 5.41) is 16.1. The molecule has 0 spiro atoms. The van der Waals surface area contributed by atoms with Crippen molar-refractivity contribution in [2.75, 3.05) is 37.5 Å². The number of nitrogens with zero attached hydrogens (tertiary/aromatic N) is 4. The average Bonchev–Trinajstić information content (AvgIpc) is 3.26. The van der Waals surface area contributed by atoms with Crippen LogP contribution in [0.4, 0.5) is 17.6 Å². The first-order valence-corrected chi connectivity index (χ1v) is 12.3. The number of aromatic nitrogens is 4. The Balaban J connectivity index is 1.45. The zero-order chi connectivity index (χ0) is 25.4. The molecule has 2 aromatic heterocycles. The molecule has 1 aliphatic rings. The van der Waals surface area contributed by atoms with Crippen molar-refractivity contribution in [3.63, 3.8) is 0 Å². The van der Waals surface area contributed by atoms with Gasteiger partial charge in [0.2, 0.25) is 5.95 Å². The van der Waals surface area contributed by atoms with Gasteiger partial charge in [-0.15, -0.1) is 0 Å². The van der Waals surface area contributed by atoms with Crippen molar-refractivity contribution >= 4 is 51.7 Å². The summed E-state index contributed by atoms with van der Waals surface area (Å²) in [6, 6.07) is 10.1. The monoisotopic (exact) mass is 527 g/mol. The minimum Gasteiger partial charge on any atom is -0.495 e. The Bertz CT molecular complexity index is 1370. The average molecular weight is 528 g/mol. The molecule has 188 valence electrons. The number of hydrogen-bond acceptors (Lipinski definition) is 8. The van der Waals surface area contributed by atoms with E-state index in [1.807, 2.05) is 24.3 Å². The number of nitrogens with one attached hydrogen (secondary N) is 3. The van der Waals surface area contributed by atoms with E-state index in [0.29, 0.717) is 56.8 Å². The first-order valence-electron chi connectivity index (χ1n) is 11.6. The first kappa shape index (κ1) is 24.4. The molecule has 0 amide bonds. The Morgan fingerprint density at radius 2 is 1.69 bits per heavy atom. The van der Waals surface area contributed by atoms with Gasteiger partial charge in [-0.3, -0.25) is 5.10 Å². The second-order valence-corrected chi connectivity index (χ2v) is 9.61. The van der Waals surface area contributed by atoms with E-state index in [1.165, 1.54) is 0 Å². The van der Waals surface area contributed by atoms with Gasteiger partial charge in [-0.05, 0) is 37.6 Å².